The van der Waals surface area contributed by atoms with E-state index in [1.165, 1.54) is 0 Å². The normalized spacial score (nSPS) is 13.8. The van der Waals surface area contributed by atoms with E-state index in [-0.39, 0.29) is 22.5 Å². The molecule has 8 aromatic rings. The van der Waals surface area contributed by atoms with Gasteiger partial charge in [-0.2, -0.15) is 0 Å². The smallest absolute Gasteiger partial charge is 0.251 e. The van der Waals surface area contributed by atoms with E-state index < -0.39 is 9.84 Å². The van der Waals surface area contributed by atoms with Crippen molar-refractivity contribution in [1.29, 1.82) is 0 Å². The van der Waals surface area contributed by atoms with Crippen LogP contribution in [0.15, 0.2) is 144 Å². The lowest BCUT2D eigenvalue weighted by molar-refractivity contribution is 0.0942. The molecule has 2 N–H and O–H groups in total. The maximum Gasteiger partial charge on any atom is 0.251 e. The van der Waals surface area contributed by atoms with E-state index in [1.807, 2.05) is 91.1 Å². The molecule has 4 aromatic carbocycles. The van der Waals surface area contributed by atoms with Crippen molar-refractivity contribution in [3.8, 4) is 45.0 Å². The van der Waals surface area contributed by atoms with Gasteiger partial charge in [-0.1, -0.05) is 98.8 Å². The Morgan fingerprint density at radius 3 is 1.52 bits per heavy atom. The van der Waals surface area contributed by atoms with Crippen molar-refractivity contribution in [3.05, 3.63) is 145 Å². The Labute approximate surface area is 370 Å². The lowest BCUT2D eigenvalue weighted by Crippen LogP contribution is -2.25. The van der Waals surface area contributed by atoms with Crippen molar-refractivity contribution in [3.63, 3.8) is 0 Å². The van der Waals surface area contributed by atoms with Gasteiger partial charge in [0.05, 0.1) is 35.2 Å². The van der Waals surface area contributed by atoms with Gasteiger partial charge in [0, 0.05) is 69.9 Å². The van der Waals surface area contributed by atoms with E-state index in [9.17, 15) is 18.0 Å². The number of hydrogen-bond acceptors (Lipinski definition) is 9. The summed E-state index contributed by atoms with van der Waals surface area (Å²) in [5.41, 5.74) is 9.29. The van der Waals surface area contributed by atoms with Gasteiger partial charge in [-0.15, -0.1) is 11.8 Å². The van der Waals surface area contributed by atoms with Crippen molar-refractivity contribution in [2.75, 3.05) is 12.0 Å². The first-order valence-electron chi connectivity index (χ1n) is 21.0. The predicted molar refractivity (Wildman–Crippen MR) is 247 cm³/mol. The number of nitrogens with one attached hydrogen (secondary N) is 2. The SMILES string of the molecule is CC(C)CSc1nc(-c2ccccc2)cn2c(-c3ccc(C(=O)NC4CC4)cc3)cnc12.CS(=O)(=O)c1nc(-c2ccccc2)cn2c(-c3ccc(C(=O)NC4CC4)cc3)cnc12. The number of imidazole rings is 2. The third-order valence-corrected chi connectivity index (χ3v) is 13.0. The van der Waals surface area contributed by atoms with Crippen molar-refractivity contribution in [1.82, 2.24) is 39.4 Å². The van der Waals surface area contributed by atoms with E-state index in [2.05, 4.69) is 57.2 Å². The Morgan fingerprint density at radius 2 is 1.08 bits per heavy atom. The second kappa shape index (κ2) is 17.6. The van der Waals surface area contributed by atoms with Gasteiger partial charge in [-0.25, -0.2) is 28.4 Å². The maximum absolute atomic E-state index is 12.4. The minimum atomic E-state index is -3.60. The molecule has 0 unspecified atom stereocenters. The van der Waals surface area contributed by atoms with Gasteiger partial charge in [-0.3, -0.25) is 18.4 Å². The molecule has 12 nitrogen and oxygen atoms in total. The topological polar surface area (TPSA) is 153 Å². The zero-order valence-electron chi connectivity index (χ0n) is 35.1. The van der Waals surface area contributed by atoms with Crippen LogP contribution >= 0.6 is 11.8 Å². The Kier molecular flexibility index (Phi) is 11.7. The van der Waals surface area contributed by atoms with Crippen LogP contribution in [0.25, 0.3) is 56.3 Å². The fourth-order valence-electron chi connectivity index (χ4n) is 7.01. The Morgan fingerprint density at radius 1 is 0.635 bits per heavy atom. The van der Waals surface area contributed by atoms with Crippen LogP contribution < -0.4 is 10.6 Å². The first kappa shape index (κ1) is 41.7. The van der Waals surface area contributed by atoms with Gasteiger partial charge in [0.2, 0.25) is 0 Å². The standard InChI is InChI=1S/C26H26N4OS.C23H20N4O3S/c1-17(2)16-32-26-24-27-14-23(30(24)15-22(29-26)18-6-4-3-5-7-18)19-8-10-20(11-9-19)25(31)28-21-12-13-21;1-31(29,30)23-21-24-13-20(27(21)14-19(26-23)15-5-3-2-4-6-15)16-7-9-17(10-8-16)22(28)25-18-11-12-18/h3-11,14-15,17,21H,12-13,16H2,1-2H3,(H,28,31);2-10,13-14,18H,11-12H2,1H3,(H,25,28). The summed E-state index contributed by atoms with van der Waals surface area (Å²) in [4.78, 5) is 43.0. The molecule has 10 rings (SSSR count). The summed E-state index contributed by atoms with van der Waals surface area (Å²) in [6.07, 6.45) is 12.7. The van der Waals surface area contributed by atoms with Gasteiger partial charge in [0.15, 0.2) is 26.2 Å². The first-order valence-corrected chi connectivity index (χ1v) is 23.9. The number of nitrogens with zero attached hydrogens (tertiary/aromatic N) is 6. The number of fused-ring (bicyclic) bond motifs is 2. The van der Waals surface area contributed by atoms with E-state index in [0.29, 0.717) is 40.5 Å². The summed E-state index contributed by atoms with van der Waals surface area (Å²) in [7, 11) is -3.60. The Bertz CT molecular complexity index is 3050. The number of sulfone groups is 1. The molecular weight excluding hydrogens is 829 g/mol. The van der Waals surface area contributed by atoms with Gasteiger partial charge >= 0.3 is 0 Å². The van der Waals surface area contributed by atoms with Crippen LogP contribution in [-0.2, 0) is 9.84 Å². The molecule has 0 radical (unpaired) electrons. The predicted octanol–water partition coefficient (Wildman–Crippen LogP) is 9.06. The molecule has 0 spiro atoms. The average Bonchev–Trinajstić information content (AvgIpc) is 4.22. The number of aromatic nitrogens is 6. The highest BCUT2D eigenvalue weighted by Crippen LogP contribution is 2.32. The number of hydrogen-bond donors (Lipinski definition) is 2. The highest BCUT2D eigenvalue weighted by atomic mass is 32.2. The van der Waals surface area contributed by atoms with Crippen molar-refractivity contribution >= 4 is 44.7 Å². The first-order chi connectivity index (χ1) is 30.5. The zero-order valence-corrected chi connectivity index (χ0v) is 36.7. The van der Waals surface area contributed by atoms with Crippen molar-refractivity contribution in [2.45, 2.75) is 61.7 Å². The molecule has 4 heterocycles. The van der Waals surface area contributed by atoms with Crippen LogP contribution in [0.1, 0.15) is 60.2 Å². The van der Waals surface area contributed by atoms with Crippen molar-refractivity contribution < 1.29 is 18.0 Å². The molecule has 0 saturated heterocycles. The van der Waals surface area contributed by atoms with Gasteiger partial charge in [0.25, 0.3) is 11.8 Å². The molecule has 0 bridgehead atoms. The van der Waals surface area contributed by atoms with E-state index >= 15 is 0 Å². The zero-order chi connectivity index (χ0) is 43.7. The molecule has 0 aliphatic heterocycles. The highest BCUT2D eigenvalue weighted by molar-refractivity contribution is 7.99. The van der Waals surface area contributed by atoms with Crippen LogP contribution in [0, 0.1) is 5.92 Å². The van der Waals surface area contributed by atoms with Gasteiger partial charge in [-0.05, 0) is 55.9 Å². The number of thioether (sulfide) groups is 1. The Balaban J connectivity index is 0.000000160. The number of benzene rings is 4. The second-order valence-corrected chi connectivity index (χ2v) is 19.3. The van der Waals surface area contributed by atoms with E-state index in [4.69, 9.17) is 9.97 Å². The number of amides is 2. The minimum absolute atomic E-state index is 0.000118. The van der Waals surface area contributed by atoms with Gasteiger partial charge < -0.3 is 10.6 Å². The van der Waals surface area contributed by atoms with Crippen molar-refractivity contribution in [2.24, 2.45) is 5.92 Å². The maximum atomic E-state index is 12.4. The fraction of sp³-hybridized carbons (Fsp3) is 0.224. The summed E-state index contributed by atoms with van der Waals surface area (Å²) in [5.74, 6) is 1.46. The van der Waals surface area contributed by atoms with Crippen LogP contribution in [0.2, 0.25) is 0 Å². The van der Waals surface area contributed by atoms with E-state index in [0.717, 1.165) is 82.0 Å². The molecule has 14 heteroatoms. The quantitative estimate of drug-likeness (QED) is 0.115. The summed E-state index contributed by atoms with van der Waals surface area (Å²) in [6.45, 7) is 4.42. The second-order valence-electron chi connectivity index (χ2n) is 16.4. The highest BCUT2D eigenvalue weighted by Gasteiger charge is 2.25. The molecule has 2 aliphatic carbocycles. The largest absolute Gasteiger partial charge is 0.349 e. The molecule has 2 saturated carbocycles. The number of carbonyl (C=O) groups is 2. The monoisotopic (exact) mass is 874 g/mol. The summed E-state index contributed by atoms with van der Waals surface area (Å²) >= 11 is 1.75. The number of rotatable bonds is 12. The van der Waals surface area contributed by atoms with Crippen LogP contribution in [0.5, 0.6) is 0 Å². The van der Waals surface area contributed by atoms with Crippen LogP contribution in [0.4, 0.5) is 0 Å². The third-order valence-electron chi connectivity index (χ3n) is 10.7. The summed E-state index contributed by atoms with van der Waals surface area (Å²) in [6, 6.07) is 35.3. The molecular formula is C49H46N8O4S2. The van der Waals surface area contributed by atoms with E-state index in [1.54, 1.807) is 40.7 Å². The molecule has 2 amide bonds. The summed E-state index contributed by atoms with van der Waals surface area (Å²) in [5, 5.41) is 6.88. The fourth-order valence-corrected chi connectivity index (χ4v) is 8.69. The lowest BCUT2D eigenvalue weighted by atomic mass is 10.1. The molecule has 4 aromatic heterocycles. The summed E-state index contributed by atoms with van der Waals surface area (Å²) < 4.78 is 28.7. The molecule has 2 aliphatic rings. The van der Waals surface area contributed by atoms with Crippen LogP contribution in [-0.4, -0.2) is 73.1 Å². The molecule has 318 valence electrons. The molecule has 2 fully saturated rings. The lowest BCUT2D eigenvalue weighted by Gasteiger charge is -2.11. The molecule has 63 heavy (non-hydrogen) atoms. The molecule has 0 atom stereocenters. The third kappa shape index (κ3) is 9.57. The van der Waals surface area contributed by atoms with Crippen LogP contribution in [0.3, 0.4) is 0 Å². The van der Waals surface area contributed by atoms with Gasteiger partial charge in [0.1, 0.15) is 5.03 Å². The number of carbonyl (C=O) groups excluding carboxylic acids is 2. The average molecular weight is 875 g/mol. The minimum Gasteiger partial charge on any atom is -0.349 e. The Hall–Kier alpha value is -6.64.